The predicted molar refractivity (Wildman–Crippen MR) is 75.8 cm³/mol. The van der Waals surface area contributed by atoms with Crippen LogP contribution in [0.4, 0.5) is 13.2 Å². The van der Waals surface area contributed by atoms with Crippen molar-refractivity contribution in [3.8, 4) is 0 Å². The summed E-state index contributed by atoms with van der Waals surface area (Å²) in [7, 11) is 0. The number of benzene rings is 1. The van der Waals surface area contributed by atoms with E-state index in [1.807, 2.05) is 6.92 Å². The molecule has 1 amide bonds. The van der Waals surface area contributed by atoms with E-state index in [4.69, 9.17) is 5.73 Å². The van der Waals surface area contributed by atoms with Gasteiger partial charge in [-0.2, -0.15) is 13.2 Å². The lowest BCUT2D eigenvalue weighted by Crippen LogP contribution is -2.26. The Bertz CT molecular complexity index is 443. The van der Waals surface area contributed by atoms with Gasteiger partial charge >= 0.3 is 6.18 Å². The lowest BCUT2D eigenvalue weighted by Gasteiger charge is -2.13. The fourth-order valence-electron chi connectivity index (χ4n) is 1.97. The molecule has 0 aliphatic heterocycles. The molecule has 0 saturated carbocycles. The van der Waals surface area contributed by atoms with Gasteiger partial charge in [-0.05, 0) is 43.0 Å². The summed E-state index contributed by atoms with van der Waals surface area (Å²) in [6.07, 6.45) is -2.39. The first-order chi connectivity index (χ1) is 9.84. The van der Waals surface area contributed by atoms with Crippen molar-refractivity contribution in [2.75, 3.05) is 13.1 Å². The minimum absolute atomic E-state index is 0.0978. The minimum atomic E-state index is -4.33. The summed E-state index contributed by atoms with van der Waals surface area (Å²) in [5.74, 6) is -0.221. The van der Waals surface area contributed by atoms with Gasteiger partial charge in [-0.15, -0.1) is 0 Å². The molecule has 1 unspecified atom stereocenters. The van der Waals surface area contributed by atoms with Crippen molar-refractivity contribution in [2.24, 2.45) is 5.73 Å². The summed E-state index contributed by atoms with van der Waals surface area (Å²) in [4.78, 5) is 11.7. The number of hydrogen-bond acceptors (Lipinski definition) is 2. The van der Waals surface area contributed by atoms with E-state index in [1.54, 1.807) is 0 Å². The van der Waals surface area contributed by atoms with E-state index in [9.17, 15) is 18.0 Å². The van der Waals surface area contributed by atoms with Crippen LogP contribution < -0.4 is 11.1 Å². The lowest BCUT2D eigenvalue weighted by molar-refractivity contribution is -0.137. The molecule has 1 aromatic carbocycles. The third-order valence-electron chi connectivity index (χ3n) is 3.25. The smallest absolute Gasteiger partial charge is 0.356 e. The number of carbonyl (C=O) groups excluding carboxylic acids is 1. The molecule has 0 heterocycles. The molecule has 0 saturated heterocycles. The van der Waals surface area contributed by atoms with Crippen LogP contribution in [0.1, 0.15) is 43.2 Å². The van der Waals surface area contributed by atoms with Crippen molar-refractivity contribution in [3.05, 3.63) is 35.4 Å². The molecule has 118 valence electrons. The van der Waals surface area contributed by atoms with Crippen molar-refractivity contribution < 1.29 is 18.0 Å². The van der Waals surface area contributed by atoms with Gasteiger partial charge in [-0.25, -0.2) is 0 Å². The van der Waals surface area contributed by atoms with Crippen molar-refractivity contribution in [2.45, 2.75) is 38.3 Å². The molecule has 0 radical (unpaired) electrons. The van der Waals surface area contributed by atoms with E-state index in [-0.39, 0.29) is 18.2 Å². The Labute approximate surface area is 122 Å². The van der Waals surface area contributed by atoms with E-state index in [0.29, 0.717) is 13.1 Å². The molecule has 0 aliphatic rings. The molecule has 3 N–H and O–H groups in total. The highest BCUT2D eigenvalue weighted by Crippen LogP contribution is 2.30. The number of alkyl halides is 3. The van der Waals surface area contributed by atoms with Gasteiger partial charge < -0.3 is 11.1 Å². The topological polar surface area (TPSA) is 55.1 Å². The summed E-state index contributed by atoms with van der Waals surface area (Å²) in [5, 5.41) is 2.78. The number of carbonyl (C=O) groups is 1. The first kappa shape index (κ1) is 17.5. The number of rotatable bonds is 7. The quantitative estimate of drug-likeness (QED) is 0.761. The monoisotopic (exact) mass is 302 g/mol. The summed E-state index contributed by atoms with van der Waals surface area (Å²) in [5.41, 5.74) is 5.40. The van der Waals surface area contributed by atoms with E-state index in [2.05, 4.69) is 5.32 Å². The molecule has 6 heteroatoms. The first-order valence-corrected chi connectivity index (χ1v) is 6.98. The molecule has 1 rings (SSSR count). The van der Waals surface area contributed by atoms with Crippen LogP contribution in [0.3, 0.4) is 0 Å². The maximum atomic E-state index is 12.5. The Morgan fingerprint density at radius 3 is 2.38 bits per heavy atom. The molecule has 3 nitrogen and oxygen atoms in total. The normalized spacial score (nSPS) is 13.0. The fraction of sp³-hybridized carbons (Fsp3) is 0.533. The van der Waals surface area contributed by atoms with Crippen LogP contribution in [0.2, 0.25) is 0 Å². The highest BCUT2D eigenvalue weighted by molar-refractivity contribution is 5.76. The van der Waals surface area contributed by atoms with Crippen LogP contribution in [0.25, 0.3) is 0 Å². The van der Waals surface area contributed by atoms with Gasteiger partial charge in [0.25, 0.3) is 0 Å². The number of nitrogens with two attached hydrogens (primary N) is 1. The highest BCUT2D eigenvalue weighted by atomic mass is 19.4. The maximum absolute atomic E-state index is 12.5. The van der Waals surface area contributed by atoms with Gasteiger partial charge in [0, 0.05) is 13.0 Å². The summed E-state index contributed by atoms with van der Waals surface area (Å²) >= 11 is 0. The van der Waals surface area contributed by atoms with Gasteiger partial charge in [-0.3, -0.25) is 4.79 Å². The van der Waals surface area contributed by atoms with Crippen LogP contribution in [-0.4, -0.2) is 19.0 Å². The molecule has 0 aromatic heterocycles. The molecule has 0 spiro atoms. The van der Waals surface area contributed by atoms with Crippen LogP contribution in [-0.2, 0) is 11.0 Å². The average Bonchev–Trinajstić information content (AvgIpc) is 2.43. The molecular weight excluding hydrogens is 281 g/mol. The third kappa shape index (κ3) is 6.16. The molecule has 0 bridgehead atoms. The Kier molecular flexibility index (Phi) is 6.68. The molecule has 1 atom stereocenters. The van der Waals surface area contributed by atoms with Crippen LogP contribution in [0.15, 0.2) is 24.3 Å². The Morgan fingerprint density at radius 1 is 1.24 bits per heavy atom. The number of hydrogen-bond donors (Lipinski definition) is 2. The standard InChI is InChI=1S/C15H21F3N2O/c1-11(10-14(21)20-9-3-2-8-19)12-4-6-13(7-5-12)15(16,17)18/h4-7,11H,2-3,8-10,19H2,1H3,(H,20,21). The van der Waals surface area contributed by atoms with E-state index in [1.165, 1.54) is 12.1 Å². The molecular formula is C15H21F3N2O. The second-order valence-corrected chi connectivity index (χ2v) is 5.07. The lowest BCUT2D eigenvalue weighted by atomic mass is 9.96. The van der Waals surface area contributed by atoms with E-state index >= 15 is 0 Å². The SMILES string of the molecule is CC(CC(=O)NCCCCN)c1ccc(C(F)(F)F)cc1. The van der Waals surface area contributed by atoms with Gasteiger partial charge in [0.05, 0.1) is 5.56 Å². The number of amides is 1. The van der Waals surface area contributed by atoms with Gasteiger partial charge in [0.2, 0.25) is 5.91 Å². The second kappa shape index (κ2) is 8.02. The third-order valence-corrected chi connectivity index (χ3v) is 3.25. The largest absolute Gasteiger partial charge is 0.416 e. The van der Waals surface area contributed by atoms with E-state index in [0.717, 1.165) is 30.5 Å². The van der Waals surface area contributed by atoms with Gasteiger partial charge in [0.1, 0.15) is 0 Å². The zero-order valence-corrected chi connectivity index (χ0v) is 12.0. The Morgan fingerprint density at radius 2 is 1.86 bits per heavy atom. The van der Waals surface area contributed by atoms with Crippen molar-refractivity contribution in [3.63, 3.8) is 0 Å². The van der Waals surface area contributed by atoms with Crippen LogP contribution >= 0.6 is 0 Å². The van der Waals surface area contributed by atoms with Crippen molar-refractivity contribution in [1.82, 2.24) is 5.32 Å². The number of unbranched alkanes of at least 4 members (excludes halogenated alkanes) is 1. The van der Waals surface area contributed by atoms with Crippen molar-refractivity contribution in [1.29, 1.82) is 0 Å². The van der Waals surface area contributed by atoms with Gasteiger partial charge in [-0.1, -0.05) is 19.1 Å². The summed E-state index contributed by atoms with van der Waals surface area (Å²) in [6.45, 7) is 3.00. The Balaban J connectivity index is 2.48. The summed E-state index contributed by atoms with van der Waals surface area (Å²) in [6, 6.07) is 4.94. The zero-order chi connectivity index (χ0) is 15.9. The maximum Gasteiger partial charge on any atom is 0.416 e. The number of nitrogens with one attached hydrogen (secondary N) is 1. The second-order valence-electron chi connectivity index (χ2n) is 5.07. The number of halogens is 3. The van der Waals surface area contributed by atoms with Crippen molar-refractivity contribution >= 4 is 5.91 Å². The molecule has 0 fully saturated rings. The fourth-order valence-corrected chi connectivity index (χ4v) is 1.97. The average molecular weight is 302 g/mol. The minimum Gasteiger partial charge on any atom is -0.356 e. The first-order valence-electron chi connectivity index (χ1n) is 6.98. The Hall–Kier alpha value is -1.56. The molecule has 1 aromatic rings. The molecule has 0 aliphatic carbocycles. The highest BCUT2D eigenvalue weighted by Gasteiger charge is 2.30. The zero-order valence-electron chi connectivity index (χ0n) is 12.0. The van der Waals surface area contributed by atoms with Crippen LogP contribution in [0.5, 0.6) is 0 Å². The van der Waals surface area contributed by atoms with E-state index < -0.39 is 11.7 Å². The summed E-state index contributed by atoms with van der Waals surface area (Å²) < 4.78 is 37.4. The van der Waals surface area contributed by atoms with Crippen LogP contribution in [0, 0.1) is 0 Å². The molecule has 21 heavy (non-hydrogen) atoms. The predicted octanol–water partition coefficient (Wildman–Crippen LogP) is 3.05. The van der Waals surface area contributed by atoms with Gasteiger partial charge in [0.15, 0.2) is 0 Å².